The lowest BCUT2D eigenvalue weighted by Gasteiger charge is -2.07. The van der Waals surface area contributed by atoms with Gasteiger partial charge >= 0.3 is 17.6 Å². The van der Waals surface area contributed by atoms with Crippen LogP contribution in [0.5, 0.6) is 11.5 Å². The fraction of sp³-hybridized carbons (Fsp3) is 0.0769. The van der Waals surface area contributed by atoms with E-state index >= 15 is 0 Å². The van der Waals surface area contributed by atoms with Crippen molar-refractivity contribution >= 4 is 29.0 Å². The summed E-state index contributed by atoms with van der Waals surface area (Å²) in [5.74, 6) is -2.18. The normalized spacial score (nSPS) is 10.0. The summed E-state index contributed by atoms with van der Waals surface area (Å²) in [4.78, 5) is 32.7. The van der Waals surface area contributed by atoms with E-state index in [1.165, 1.54) is 24.6 Å². The monoisotopic (exact) mass is 323 g/mol. The number of hydrogen-bond donors (Lipinski definition) is 1. The van der Waals surface area contributed by atoms with Gasteiger partial charge in [0.2, 0.25) is 5.75 Å². The smallest absolute Gasteiger partial charge is 0.349 e. The molecule has 1 aromatic carbocycles. The third kappa shape index (κ3) is 3.04. The molecule has 1 N–H and O–H groups in total. The number of carbonyl (C=O) groups excluding carboxylic acids is 1. The first-order chi connectivity index (χ1) is 10.4. The van der Waals surface area contributed by atoms with E-state index in [9.17, 15) is 19.7 Å². The molecule has 0 amide bonds. The molecule has 0 saturated heterocycles. The van der Waals surface area contributed by atoms with E-state index in [1.54, 1.807) is 0 Å². The highest BCUT2D eigenvalue weighted by molar-refractivity contribution is 7.12. The molecule has 0 saturated carbocycles. The third-order valence-corrected chi connectivity index (χ3v) is 3.50. The maximum absolute atomic E-state index is 11.5. The number of carboxylic acid groups (broad SMARTS) is 1. The molecule has 0 aliphatic rings. The number of rotatable bonds is 5. The SMILES string of the molecule is COC(=O)c1ccc([N+](=O)[O-])c(Oc2ccsc2C(=O)O)c1. The summed E-state index contributed by atoms with van der Waals surface area (Å²) in [5.41, 5.74) is -0.342. The van der Waals surface area contributed by atoms with Crippen molar-refractivity contribution in [2.24, 2.45) is 0 Å². The van der Waals surface area contributed by atoms with Gasteiger partial charge in [-0.15, -0.1) is 11.3 Å². The molecule has 1 aromatic heterocycles. The topological polar surface area (TPSA) is 116 Å². The molecule has 0 radical (unpaired) electrons. The molecule has 1 heterocycles. The number of hydrogen-bond acceptors (Lipinski definition) is 7. The predicted octanol–water partition coefficient (Wildman–Crippen LogP) is 2.93. The first kappa shape index (κ1) is 15.4. The highest BCUT2D eigenvalue weighted by atomic mass is 32.1. The number of esters is 1. The first-order valence-electron chi connectivity index (χ1n) is 5.79. The Morgan fingerprint density at radius 3 is 2.59 bits per heavy atom. The van der Waals surface area contributed by atoms with Crippen LogP contribution in [0, 0.1) is 10.1 Å². The van der Waals surface area contributed by atoms with Gasteiger partial charge in [0, 0.05) is 12.1 Å². The Labute approximate surface area is 127 Å². The van der Waals surface area contributed by atoms with Crippen LogP contribution in [-0.2, 0) is 4.74 Å². The van der Waals surface area contributed by atoms with E-state index in [0.29, 0.717) is 0 Å². The van der Waals surface area contributed by atoms with E-state index in [0.717, 1.165) is 23.5 Å². The molecule has 0 fully saturated rings. The first-order valence-corrected chi connectivity index (χ1v) is 6.67. The largest absolute Gasteiger partial charge is 0.477 e. The molecule has 0 atom stereocenters. The van der Waals surface area contributed by atoms with E-state index in [1.807, 2.05) is 0 Å². The summed E-state index contributed by atoms with van der Waals surface area (Å²) in [6, 6.07) is 4.83. The summed E-state index contributed by atoms with van der Waals surface area (Å²) in [5, 5.41) is 21.5. The molecule has 2 rings (SSSR count). The van der Waals surface area contributed by atoms with Crippen LogP contribution in [0.4, 0.5) is 5.69 Å². The fourth-order valence-corrected chi connectivity index (χ4v) is 2.30. The van der Waals surface area contributed by atoms with Gasteiger partial charge in [0.15, 0.2) is 10.6 Å². The van der Waals surface area contributed by atoms with Gasteiger partial charge in [-0.1, -0.05) is 0 Å². The van der Waals surface area contributed by atoms with Crippen molar-refractivity contribution in [3.63, 3.8) is 0 Å². The van der Waals surface area contributed by atoms with Gasteiger partial charge in [-0.25, -0.2) is 9.59 Å². The van der Waals surface area contributed by atoms with Gasteiger partial charge in [0.1, 0.15) is 0 Å². The molecule has 0 unspecified atom stereocenters. The zero-order chi connectivity index (χ0) is 16.3. The number of benzene rings is 1. The van der Waals surface area contributed by atoms with Crippen molar-refractivity contribution < 1.29 is 29.1 Å². The average molecular weight is 323 g/mol. The molecule has 114 valence electrons. The Kier molecular flexibility index (Phi) is 4.37. The lowest BCUT2D eigenvalue weighted by atomic mass is 10.2. The molecule has 2 aromatic rings. The molecule has 0 spiro atoms. The lowest BCUT2D eigenvalue weighted by Crippen LogP contribution is -2.03. The number of thiophene rings is 1. The average Bonchev–Trinajstić information content (AvgIpc) is 2.94. The number of carbonyl (C=O) groups is 2. The van der Waals surface area contributed by atoms with Crippen LogP contribution in [0.1, 0.15) is 20.0 Å². The molecule has 9 heteroatoms. The second kappa shape index (κ2) is 6.22. The van der Waals surface area contributed by atoms with Crippen LogP contribution in [0.15, 0.2) is 29.6 Å². The fourth-order valence-electron chi connectivity index (χ4n) is 1.64. The number of methoxy groups -OCH3 is 1. The minimum Gasteiger partial charge on any atom is -0.477 e. The van der Waals surface area contributed by atoms with Gasteiger partial charge in [-0.3, -0.25) is 10.1 Å². The highest BCUT2D eigenvalue weighted by Crippen LogP contribution is 2.35. The van der Waals surface area contributed by atoms with Crippen molar-refractivity contribution in [1.29, 1.82) is 0 Å². The summed E-state index contributed by atoms with van der Waals surface area (Å²) in [6.07, 6.45) is 0. The predicted molar refractivity (Wildman–Crippen MR) is 75.8 cm³/mol. The van der Waals surface area contributed by atoms with Crippen LogP contribution in [0.2, 0.25) is 0 Å². The highest BCUT2D eigenvalue weighted by Gasteiger charge is 2.22. The minimum atomic E-state index is -1.21. The van der Waals surface area contributed by atoms with Crippen molar-refractivity contribution in [2.75, 3.05) is 7.11 Å². The van der Waals surface area contributed by atoms with Gasteiger partial charge in [-0.05, 0) is 17.5 Å². The zero-order valence-electron chi connectivity index (χ0n) is 11.1. The molecular formula is C13H9NO7S. The molecule has 8 nitrogen and oxygen atoms in total. The Bertz CT molecular complexity index is 753. The van der Waals surface area contributed by atoms with Gasteiger partial charge < -0.3 is 14.6 Å². The van der Waals surface area contributed by atoms with Gasteiger partial charge in [0.25, 0.3) is 0 Å². The number of nitro benzene ring substituents is 1. The summed E-state index contributed by atoms with van der Waals surface area (Å²) < 4.78 is 9.85. The van der Waals surface area contributed by atoms with E-state index in [4.69, 9.17) is 9.84 Å². The molecule has 0 aliphatic heterocycles. The van der Waals surface area contributed by atoms with Crippen molar-refractivity contribution in [1.82, 2.24) is 0 Å². The standard InChI is InChI=1S/C13H9NO7S/c1-20-13(17)7-2-3-8(14(18)19)10(6-7)21-9-4-5-22-11(9)12(15)16/h2-6H,1H3,(H,15,16). The number of nitro groups is 1. The Hall–Kier alpha value is -2.94. The third-order valence-electron chi connectivity index (χ3n) is 2.62. The molecular weight excluding hydrogens is 314 g/mol. The number of aromatic carboxylic acids is 1. The second-order valence-electron chi connectivity index (χ2n) is 3.95. The van der Waals surface area contributed by atoms with Crippen molar-refractivity contribution in [3.8, 4) is 11.5 Å². The molecule has 0 aliphatic carbocycles. The summed E-state index contributed by atoms with van der Waals surface area (Å²) in [7, 11) is 1.17. The minimum absolute atomic E-state index is 0.0392. The maximum atomic E-state index is 11.5. The van der Waals surface area contributed by atoms with Crippen LogP contribution in [-0.4, -0.2) is 29.1 Å². The van der Waals surface area contributed by atoms with Crippen LogP contribution in [0.3, 0.4) is 0 Å². The van der Waals surface area contributed by atoms with Crippen molar-refractivity contribution in [2.45, 2.75) is 0 Å². The number of carboxylic acids is 1. The van der Waals surface area contributed by atoms with Crippen molar-refractivity contribution in [3.05, 3.63) is 50.2 Å². The second-order valence-corrected chi connectivity index (χ2v) is 4.87. The van der Waals surface area contributed by atoms with E-state index in [-0.39, 0.29) is 21.9 Å². The van der Waals surface area contributed by atoms with Crippen LogP contribution < -0.4 is 4.74 Å². The van der Waals surface area contributed by atoms with Crippen LogP contribution >= 0.6 is 11.3 Å². The van der Waals surface area contributed by atoms with Gasteiger partial charge in [0.05, 0.1) is 17.6 Å². The maximum Gasteiger partial charge on any atom is 0.349 e. The Balaban J connectivity index is 2.47. The van der Waals surface area contributed by atoms with E-state index in [2.05, 4.69) is 4.74 Å². The number of ether oxygens (including phenoxy) is 2. The Morgan fingerprint density at radius 2 is 2.00 bits per heavy atom. The zero-order valence-corrected chi connectivity index (χ0v) is 12.0. The van der Waals surface area contributed by atoms with Gasteiger partial charge in [-0.2, -0.15) is 0 Å². The van der Waals surface area contributed by atoms with Crippen LogP contribution in [0.25, 0.3) is 0 Å². The molecule has 0 bridgehead atoms. The Morgan fingerprint density at radius 1 is 1.27 bits per heavy atom. The van der Waals surface area contributed by atoms with E-state index < -0.39 is 22.5 Å². The number of nitrogens with zero attached hydrogens (tertiary/aromatic N) is 1. The quantitative estimate of drug-likeness (QED) is 0.511. The lowest BCUT2D eigenvalue weighted by molar-refractivity contribution is -0.385. The summed E-state index contributed by atoms with van der Waals surface area (Å²) in [6.45, 7) is 0. The summed E-state index contributed by atoms with van der Waals surface area (Å²) >= 11 is 0.920. The molecule has 22 heavy (non-hydrogen) atoms.